The Morgan fingerprint density at radius 3 is 3.10 bits per heavy atom. The van der Waals surface area contributed by atoms with Crippen molar-refractivity contribution in [2.75, 3.05) is 31.3 Å². The molecule has 0 saturated carbocycles. The molecular weight excluding hydrogens is 276 g/mol. The molecule has 1 aliphatic heterocycles. The van der Waals surface area contributed by atoms with Crippen LogP contribution in [0.1, 0.15) is 0 Å². The Bertz CT molecular complexity index is 678. The minimum absolute atomic E-state index is 0.00708. The van der Waals surface area contributed by atoms with Crippen LogP contribution in [0.5, 0.6) is 0 Å². The molecule has 1 atom stereocenters. The number of fused-ring (bicyclic) bond motifs is 1. The van der Waals surface area contributed by atoms with Gasteiger partial charge in [-0.1, -0.05) is 0 Å². The third-order valence-electron chi connectivity index (χ3n) is 3.52. The third kappa shape index (κ3) is 2.50. The number of benzene rings is 1. The van der Waals surface area contributed by atoms with Gasteiger partial charge in [0.2, 0.25) is 0 Å². The van der Waals surface area contributed by atoms with Crippen LogP contribution < -0.4 is 4.90 Å². The average molecular weight is 290 g/mol. The van der Waals surface area contributed by atoms with Crippen LogP contribution in [0, 0.1) is 10.1 Å². The predicted molar refractivity (Wildman–Crippen MR) is 75.2 cm³/mol. The molecule has 0 bridgehead atoms. The summed E-state index contributed by atoms with van der Waals surface area (Å²) < 4.78 is 5.35. The Balaban J connectivity index is 2.12. The first-order valence-corrected chi connectivity index (χ1v) is 6.55. The summed E-state index contributed by atoms with van der Waals surface area (Å²) >= 11 is 0. The summed E-state index contributed by atoms with van der Waals surface area (Å²) in [6.45, 7) is 1.42. The van der Waals surface area contributed by atoms with Crippen molar-refractivity contribution in [2.45, 2.75) is 6.04 Å². The van der Waals surface area contributed by atoms with E-state index in [-0.39, 0.29) is 18.3 Å². The summed E-state index contributed by atoms with van der Waals surface area (Å²) in [5.74, 6) is 0.589. The van der Waals surface area contributed by atoms with Gasteiger partial charge < -0.3 is 14.7 Å². The van der Waals surface area contributed by atoms with Gasteiger partial charge >= 0.3 is 0 Å². The van der Waals surface area contributed by atoms with E-state index in [0.29, 0.717) is 36.5 Å². The van der Waals surface area contributed by atoms with Crippen molar-refractivity contribution in [3.8, 4) is 0 Å². The van der Waals surface area contributed by atoms with E-state index in [0.717, 1.165) is 0 Å². The number of nitrogens with zero attached hydrogens (tertiary/aromatic N) is 4. The Labute approximate surface area is 120 Å². The number of aliphatic hydroxyl groups is 1. The van der Waals surface area contributed by atoms with E-state index < -0.39 is 4.92 Å². The summed E-state index contributed by atoms with van der Waals surface area (Å²) in [6, 6.07) is 4.28. The summed E-state index contributed by atoms with van der Waals surface area (Å²) in [7, 11) is 0. The number of rotatable bonds is 3. The van der Waals surface area contributed by atoms with Gasteiger partial charge in [-0.05, 0) is 6.07 Å². The molecule has 0 spiro atoms. The molecule has 1 fully saturated rings. The fourth-order valence-corrected chi connectivity index (χ4v) is 2.46. The molecular formula is C13H14N4O4. The van der Waals surface area contributed by atoms with E-state index >= 15 is 0 Å². The SMILES string of the molecule is O=[N+]([O-])c1ccc2ncnc(N3CCOCC3CO)c2c1. The molecule has 1 N–H and O–H groups in total. The van der Waals surface area contributed by atoms with Gasteiger partial charge in [0, 0.05) is 24.1 Å². The molecule has 8 nitrogen and oxygen atoms in total. The smallest absolute Gasteiger partial charge is 0.270 e. The average Bonchev–Trinajstić information content (AvgIpc) is 2.53. The summed E-state index contributed by atoms with van der Waals surface area (Å²) in [4.78, 5) is 20.8. The normalized spacial score (nSPS) is 18.9. The second-order valence-corrected chi connectivity index (χ2v) is 4.76. The van der Waals surface area contributed by atoms with Crippen LogP contribution in [-0.4, -0.2) is 52.4 Å². The number of aliphatic hydroxyl groups excluding tert-OH is 1. The van der Waals surface area contributed by atoms with E-state index in [1.54, 1.807) is 6.07 Å². The molecule has 1 unspecified atom stereocenters. The molecule has 21 heavy (non-hydrogen) atoms. The number of anilines is 1. The summed E-state index contributed by atoms with van der Waals surface area (Å²) in [5.41, 5.74) is 0.626. The maximum Gasteiger partial charge on any atom is 0.270 e. The molecule has 0 radical (unpaired) electrons. The van der Waals surface area contributed by atoms with E-state index in [4.69, 9.17) is 4.74 Å². The van der Waals surface area contributed by atoms with Gasteiger partial charge in [0.25, 0.3) is 5.69 Å². The van der Waals surface area contributed by atoms with Crippen molar-refractivity contribution < 1.29 is 14.8 Å². The van der Waals surface area contributed by atoms with E-state index in [2.05, 4.69) is 9.97 Å². The van der Waals surface area contributed by atoms with Gasteiger partial charge in [0.1, 0.15) is 12.1 Å². The molecule has 1 aliphatic rings. The van der Waals surface area contributed by atoms with Gasteiger partial charge in [0.15, 0.2) is 0 Å². The Kier molecular flexibility index (Phi) is 3.63. The van der Waals surface area contributed by atoms with Gasteiger partial charge in [-0.3, -0.25) is 10.1 Å². The Hall–Kier alpha value is -2.32. The molecule has 2 aromatic rings. The van der Waals surface area contributed by atoms with Crippen molar-refractivity contribution >= 4 is 22.4 Å². The van der Waals surface area contributed by atoms with Crippen molar-refractivity contribution in [3.05, 3.63) is 34.6 Å². The third-order valence-corrected chi connectivity index (χ3v) is 3.52. The fraction of sp³-hybridized carbons (Fsp3) is 0.385. The number of morpholine rings is 1. The number of nitro benzene ring substituents is 1. The first-order valence-electron chi connectivity index (χ1n) is 6.55. The van der Waals surface area contributed by atoms with Crippen LogP contribution in [0.2, 0.25) is 0 Å². The van der Waals surface area contributed by atoms with E-state index in [1.165, 1.54) is 18.5 Å². The number of hydrogen-bond donors (Lipinski definition) is 1. The second-order valence-electron chi connectivity index (χ2n) is 4.76. The Morgan fingerprint density at radius 1 is 1.48 bits per heavy atom. The van der Waals surface area contributed by atoms with E-state index in [9.17, 15) is 15.2 Å². The maximum absolute atomic E-state index is 10.9. The van der Waals surface area contributed by atoms with E-state index in [1.807, 2.05) is 4.90 Å². The highest BCUT2D eigenvalue weighted by atomic mass is 16.6. The number of ether oxygens (including phenoxy) is 1. The molecule has 0 aliphatic carbocycles. The molecule has 1 saturated heterocycles. The van der Waals surface area contributed by atoms with Crippen LogP contribution in [0.25, 0.3) is 10.9 Å². The first-order chi connectivity index (χ1) is 10.2. The zero-order chi connectivity index (χ0) is 14.8. The molecule has 0 amide bonds. The molecule has 8 heteroatoms. The van der Waals surface area contributed by atoms with Gasteiger partial charge in [-0.2, -0.15) is 0 Å². The lowest BCUT2D eigenvalue weighted by molar-refractivity contribution is -0.384. The van der Waals surface area contributed by atoms with Gasteiger partial charge in [-0.25, -0.2) is 9.97 Å². The summed E-state index contributed by atoms with van der Waals surface area (Å²) in [5, 5.41) is 21.0. The van der Waals surface area contributed by atoms with Gasteiger partial charge in [0.05, 0.1) is 36.3 Å². The van der Waals surface area contributed by atoms with Crippen molar-refractivity contribution in [1.82, 2.24) is 9.97 Å². The zero-order valence-electron chi connectivity index (χ0n) is 11.2. The number of aromatic nitrogens is 2. The number of nitro groups is 1. The highest BCUT2D eigenvalue weighted by Gasteiger charge is 2.25. The zero-order valence-corrected chi connectivity index (χ0v) is 11.2. The minimum atomic E-state index is -0.445. The lowest BCUT2D eigenvalue weighted by Crippen LogP contribution is -2.48. The van der Waals surface area contributed by atoms with Crippen LogP contribution >= 0.6 is 0 Å². The largest absolute Gasteiger partial charge is 0.394 e. The topological polar surface area (TPSA) is 102 Å². The lowest BCUT2D eigenvalue weighted by Gasteiger charge is -2.35. The second kappa shape index (κ2) is 5.58. The quantitative estimate of drug-likeness (QED) is 0.657. The van der Waals surface area contributed by atoms with Crippen LogP contribution in [0.4, 0.5) is 11.5 Å². The fourth-order valence-electron chi connectivity index (χ4n) is 2.46. The molecule has 3 rings (SSSR count). The maximum atomic E-state index is 10.9. The highest BCUT2D eigenvalue weighted by Crippen LogP contribution is 2.28. The monoisotopic (exact) mass is 290 g/mol. The molecule has 110 valence electrons. The van der Waals surface area contributed by atoms with Crippen molar-refractivity contribution in [1.29, 1.82) is 0 Å². The van der Waals surface area contributed by atoms with Crippen molar-refractivity contribution in [3.63, 3.8) is 0 Å². The lowest BCUT2D eigenvalue weighted by atomic mass is 10.1. The summed E-state index contributed by atoms with van der Waals surface area (Å²) in [6.07, 6.45) is 1.42. The molecule has 1 aromatic carbocycles. The van der Waals surface area contributed by atoms with Crippen molar-refractivity contribution in [2.24, 2.45) is 0 Å². The van der Waals surface area contributed by atoms with Crippen LogP contribution in [-0.2, 0) is 4.74 Å². The molecule has 1 aromatic heterocycles. The molecule has 2 heterocycles. The Morgan fingerprint density at radius 2 is 2.33 bits per heavy atom. The van der Waals surface area contributed by atoms with Gasteiger partial charge in [-0.15, -0.1) is 0 Å². The first kappa shape index (κ1) is 13.7. The van der Waals surface area contributed by atoms with Crippen LogP contribution in [0.15, 0.2) is 24.5 Å². The number of hydrogen-bond acceptors (Lipinski definition) is 7. The predicted octanol–water partition coefficient (Wildman–Crippen LogP) is 0.736. The minimum Gasteiger partial charge on any atom is -0.394 e. The standard InChI is InChI=1S/C13H14N4O4/c18-6-10-7-21-4-3-16(10)13-11-5-9(17(19)20)1-2-12(11)14-8-15-13/h1-2,5,8,10,18H,3-4,6-7H2. The van der Waals surface area contributed by atoms with Crippen LogP contribution in [0.3, 0.4) is 0 Å². The highest BCUT2D eigenvalue weighted by molar-refractivity contribution is 5.91. The number of non-ortho nitro benzene ring substituents is 1.